The van der Waals surface area contributed by atoms with Crippen LogP contribution in [0.2, 0.25) is 0 Å². The van der Waals surface area contributed by atoms with Crippen molar-refractivity contribution in [3.63, 3.8) is 0 Å². The number of nitrogens with one attached hydrogen (secondary N) is 1. The lowest BCUT2D eigenvalue weighted by atomic mass is 10.1. The molecule has 0 spiro atoms. The first-order valence-electron chi connectivity index (χ1n) is 11.2. The number of rotatable bonds is 9. The second-order valence-corrected chi connectivity index (χ2v) is 11.3. The number of fused-ring (bicyclic) bond motifs is 1. The number of aromatic nitrogens is 2. The quantitative estimate of drug-likeness (QED) is 0.127. The van der Waals surface area contributed by atoms with Crippen LogP contribution in [-0.4, -0.2) is 46.8 Å². The van der Waals surface area contributed by atoms with Gasteiger partial charge in [0.05, 0.1) is 29.9 Å². The molecule has 0 saturated heterocycles. The first kappa shape index (κ1) is 27.2. The van der Waals surface area contributed by atoms with Crippen LogP contribution in [0.5, 0.6) is 0 Å². The van der Waals surface area contributed by atoms with Gasteiger partial charge in [0.15, 0.2) is 0 Å². The van der Waals surface area contributed by atoms with E-state index in [1.807, 2.05) is 29.6 Å². The van der Waals surface area contributed by atoms with Gasteiger partial charge in [-0.1, -0.05) is 39.8 Å². The van der Waals surface area contributed by atoms with Crippen LogP contribution in [0.15, 0.2) is 45.5 Å². The van der Waals surface area contributed by atoms with Crippen molar-refractivity contribution in [3.8, 4) is 11.1 Å². The van der Waals surface area contributed by atoms with E-state index < -0.39 is 11.9 Å². The lowest BCUT2D eigenvalue weighted by Crippen LogP contribution is -2.16. The topological polar surface area (TPSA) is 107 Å². The maximum atomic E-state index is 13.0. The van der Waals surface area contributed by atoms with Crippen LogP contribution < -0.4 is 5.32 Å². The highest BCUT2D eigenvalue weighted by Crippen LogP contribution is 2.39. The summed E-state index contributed by atoms with van der Waals surface area (Å²) >= 11 is 7.25. The minimum absolute atomic E-state index is 0.0374. The van der Waals surface area contributed by atoms with E-state index in [9.17, 15) is 14.4 Å². The van der Waals surface area contributed by atoms with Gasteiger partial charge >= 0.3 is 11.9 Å². The molecule has 8 nitrogen and oxygen atoms in total. The van der Waals surface area contributed by atoms with Crippen LogP contribution in [0.4, 0.5) is 5.00 Å². The van der Waals surface area contributed by atoms with Gasteiger partial charge in [-0.05, 0) is 44.0 Å². The Morgan fingerprint density at radius 1 is 1.05 bits per heavy atom. The molecule has 0 bridgehead atoms. The zero-order chi connectivity index (χ0) is 26.5. The number of ether oxygens (including phenoxy) is 2. The second kappa shape index (κ2) is 12.2. The normalized spacial score (nSPS) is 10.9. The summed E-state index contributed by atoms with van der Waals surface area (Å²) < 4.78 is 11.2. The van der Waals surface area contributed by atoms with E-state index in [-0.39, 0.29) is 40.3 Å². The molecule has 1 aromatic carbocycles. The van der Waals surface area contributed by atoms with Crippen molar-refractivity contribution >= 4 is 83.4 Å². The molecule has 3 heterocycles. The summed E-state index contributed by atoms with van der Waals surface area (Å²) in [5.41, 5.74) is 2.59. The van der Waals surface area contributed by atoms with Gasteiger partial charge in [0.2, 0.25) is 5.91 Å². The molecule has 0 atom stereocenters. The number of thiophene rings is 2. The fraction of sp³-hybridized carbons (Fsp3) is 0.240. The number of esters is 2. The smallest absolute Gasteiger partial charge is 0.348 e. The monoisotopic (exact) mass is 619 g/mol. The number of halogens is 1. The average Bonchev–Trinajstić information content (AvgIpc) is 3.45. The Kier molecular flexibility index (Phi) is 8.95. The number of hydrogen-bond acceptors (Lipinski definition) is 10. The van der Waals surface area contributed by atoms with Crippen LogP contribution >= 0.6 is 50.4 Å². The largest absolute Gasteiger partial charge is 0.462 e. The third-order valence-corrected chi connectivity index (χ3v) is 8.76. The summed E-state index contributed by atoms with van der Waals surface area (Å²) in [4.78, 5) is 47.8. The molecule has 37 heavy (non-hydrogen) atoms. The number of carbonyl (C=O) groups excluding carboxylic acids is 3. The van der Waals surface area contributed by atoms with Crippen LogP contribution in [0.3, 0.4) is 0 Å². The van der Waals surface area contributed by atoms with Crippen molar-refractivity contribution in [2.75, 3.05) is 24.3 Å². The number of carbonyl (C=O) groups is 3. The third kappa shape index (κ3) is 6.03. The Balaban J connectivity index is 1.57. The first-order chi connectivity index (χ1) is 17.8. The summed E-state index contributed by atoms with van der Waals surface area (Å²) in [6.45, 7) is 5.39. The summed E-state index contributed by atoms with van der Waals surface area (Å²) in [6, 6.07) is 7.96. The molecule has 1 amide bonds. The van der Waals surface area contributed by atoms with Crippen molar-refractivity contribution in [2.24, 2.45) is 0 Å². The number of nitrogens with zero attached hydrogens (tertiary/aromatic N) is 2. The van der Waals surface area contributed by atoms with Crippen LogP contribution in [-0.2, 0) is 14.3 Å². The molecule has 3 aromatic heterocycles. The van der Waals surface area contributed by atoms with Gasteiger partial charge in [0.1, 0.15) is 26.1 Å². The molecule has 0 saturated carbocycles. The molecule has 192 valence electrons. The average molecular weight is 621 g/mol. The van der Waals surface area contributed by atoms with Gasteiger partial charge in [-0.3, -0.25) is 4.79 Å². The molecule has 1 N–H and O–H groups in total. The Morgan fingerprint density at radius 2 is 1.76 bits per heavy atom. The van der Waals surface area contributed by atoms with Gasteiger partial charge in [-0.15, -0.1) is 22.7 Å². The van der Waals surface area contributed by atoms with Crippen molar-refractivity contribution in [3.05, 3.63) is 56.4 Å². The zero-order valence-electron chi connectivity index (χ0n) is 20.1. The Labute approximate surface area is 233 Å². The predicted molar refractivity (Wildman–Crippen MR) is 151 cm³/mol. The lowest BCUT2D eigenvalue weighted by Gasteiger charge is -2.08. The minimum Gasteiger partial charge on any atom is -0.462 e. The first-order valence-corrected chi connectivity index (χ1v) is 14.7. The highest BCUT2D eigenvalue weighted by molar-refractivity contribution is 9.10. The van der Waals surface area contributed by atoms with E-state index in [0.29, 0.717) is 10.6 Å². The number of benzene rings is 1. The highest BCUT2D eigenvalue weighted by atomic mass is 79.9. The summed E-state index contributed by atoms with van der Waals surface area (Å²) in [7, 11) is 0. The van der Waals surface area contributed by atoms with Crippen molar-refractivity contribution in [1.82, 2.24) is 9.97 Å². The van der Waals surface area contributed by atoms with Gasteiger partial charge in [0.25, 0.3) is 0 Å². The zero-order valence-corrected chi connectivity index (χ0v) is 24.2. The number of anilines is 1. The maximum absolute atomic E-state index is 13.0. The molecular formula is C25H22BrN3O5S3. The fourth-order valence-corrected chi connectivity index (χ4v) is 6.70. The van der Waals surface area contributed by atoms with E-state index in [2.05, 4.69) is 31.2 Å². The van der Waals surface area contributed by atoms with E-state index in [4.69, 9.17) is 9.47 Å². The Bertz CT molecular complexity index is 1470. The van der Waals surface area contributed by atoms with Crippen molar-refractivity contribution < 1.29 is 23.9 Å². The summed E-state index contributed by atoms with van der Waals surface area (Å²) in [5.74, 6) is -1.47. The maximum Gasteiger partial charge on any atom is 0.348 e. The van der Waals surface area contributed by atoms with Gasteiger partial charge in [0, 0.05) is 15.4 Å². The van der Waals surface area contributed by atoms with Gasteiger partial charge < -0.3 is 14.8 Å². The van der Waals surface area contributed by atoms with E-state index in [1.54, 1.807) is 20.8 Å². The molecule has 0 aliphatic rings. The fourth-order valence-electron chi connectivity index (χ4n) is 3.54. The molecule has 0 fully saturated rings. The van der Waals surface area contributed by atoms with Gasteiger partial charge in [-0.2, -0.15) is 0 Å². The standard InChI is InChI=1S/C25H22BrN3O5S3/c1-4-33-24(31)18-13(3)20(25(32)34-5-2)37-23(18)29-17(30)11-36-22-19-16(10-35-21(19)27-12-28-22)14-6-8-15(26)9-7-14/h6-10,12H,4-5,11H2,1-3H3,(H,29,30). The molecule has 0 aliphatic heterocycles. The molecule has 12 heteroatoms. The Hall–Kier alpha value is -2.80. The Morgan fingerprint density at radius 3 is 2.46 bits per heavy atom. The van der Waals surface area contributed by atoms with E-state index in [1.165, 1.54) is 29.4 Å². The van der Waals surface area contributed by atoms with Gasteiger partial charge in [-0.25, -0.2) is 19.6 Å². The predicted octanol–water partition coefficient (Wildman–Crippen LogP) is 6.57. The number of thioether (sulfide) groups is 1. The molecule has 0 unspecified atom stereocenters. The lowest BCUT2D eigenvalue weighted by molar-refractivity contribution is -0.113. The molecule has 0 radical (unpaired) electrons. The van der Waals surface area contributed by atoms with Crippen molar-refractivity contribution in [1.29, 1.82) is 0 Å². The SMILES string of the molecule is CCOC(=O)c1sc(NC(=O)CSc2ncnc3scc(-c4ccc(Br)cc4)c23)c(C(=O)OCC)c1C. The molecule has 4 aromatic rings. The summed E-state index contributed by atoms with van der Waals surface area (Å²) in [5, 5.41) is 6.63. The van der Waals surface area contributed by atoms with Crippen LogP contribution in [0, 0.1) is 6.92 Å². The number of amides is 1. The van der Waals surface area contributed by atoms with Crippen LogP contribution in [0.1, 0.15) is 39.4 Å². The number of hydrogen-bond donors (Lipinski definition) is 1. The summed E-state index contributed by atoms with van der Waals surface area (Å²) in [6.07, 6.45) is 1.48. The third-order valence-electron chi connectivity index (χ3n) is 5.17. The minimum atomic E-state index is -0.607. The van der Waals surface area contributed by atoms with Crippen LogP contribution in [0.25, 0.3) is 21.3 Å². The molecular weight excluding hydrogens is 598 g/mol. The van der Waals surface area contributed by atoms with E-state index in [0.717, 1.165) is 37.2 Å². The molecule has 4 rings (SSSR count). The molecule has 0 aliphatic carbocycles. The van der Waals surface area contributed by atoms with Crippen molar-refractivity contribution in [2.45, 2.75) is 25.8 Å². The second-order valence-electron chi connectivity index (χ2n) is 7.55. The van der Waals surface area contributed by atoms with E-state index >= 15 is 0 Å². The highest BCUT2D eigenvalue weighted by Gasteiger charge is 2.27.